The first-order valence-electron chi connectivity index (χ1n) is 7.03. The zero-order valence-corrected chi connectivity index (χ0v) is 13.9. The predicted molar refractivity (Wildman–Crippen MR) is 96.1 cm³/mol. The summed E-state index contributed by atoms with van der Waals surface area (Å²) in [7, 11) is 0. The van der Waals surface area contributed by atoms with Gasteiger partial charge < -0.3 is 5.32 Å². The highest BCUT2D eigenvalue weighted by molar-refractivity contribution is 6.42. The molecule has 0 radical (unpaired) electrons. The molecule has 0 unspecified atom stereocenters. The molecule has 0 atom stereocenters. The first kappa shape index (κ1) is 16.2. The standard InChI is InChI=1S/C17H12Cl2N4O/c18-13-8-7-12(11-14(13)19)22-17(24)23(15-5-1-3-9-20-15)16-6-2-4-10-21-16/h1-11H,(H,22,24). The van der Waals surface area contributed by atoms with Crippen molar-refractivity contribution in [3.63, 3.8) is 0 Å². The Kier molecular flexibility index (Phi) is 4.93. The number of hydrogen-bond acceptors (Lipinski definition) is 3. The summed E-state index contributed by atoms with van der Waals surface area (Å²) in [5, 5.41) is 3.55. The fraction of sp³-hybridized carbons (Fsp3) is 0. The van der Waals surface area contributed by atoms with E-state index in [1.54, 1.807) is 67.0 Å². The lowest BCUT2D eigenvalue weighted by Gasteiger charge is -2.21. The van der Waals surface area contributed by atoms with E-state index < -0.39 is 6.03 Å². The number of nitrogens with zero attached hydrogens (tertiary/aromatic N) is 3. The highest BCUT2D eigenvalue weighted by atomic mass is 35.5. The number of benzene rings is 1. The summed E-state index contributed by atoms with van der Waals surface area (Å²) in [6.07, 6.45) is 3.22. The van der Waals surface area contributed by atoms with Crippen LogP contribution in [0.25, 0.3) is 0 Å². The molecule has 2 amide bonds. The molecule has 2 heterocycles. The van der Waals surface area contributed by atoms with E-state index in [9.17, 15) is 4.79 Å². The SMILES string of the molecule is O=C(Nc1ccc(Cl)c(Cl)c1)N(c1ccccn1)c1ccccn1. The maximum atomic E-state index is 12.8. The van der Waals surface area contributed by atoms with Crippen molar-refractivity contribution in [2.24, 2.45) is 0 Å². The third-order valence-electron chi connectivity index (χ3n) is 3.13. The molecule has 0 bridgehead atoms. The number of amides is 2. The molecule has 0 spiro atoms. The summed E-state index contributed by atoms with van der Waals surface area (Å²) >= 11 is 11.9. The van der Waals surface area contributed by atoms with E-state index in [1.165, 1.54) is 4.90 Å². The van der Waals surface area contributed by atoms with Gasteiger partial charge in [-0.2, -0.15) is 0 Å². The van der Waals surface area contributed by atoms with E-state index in [0.29, 0.717) is 27.4 Å². The number of urea groups is 1. The molecule has 7 heteroatoms. The van der Waals surface area contributed by atoms with Crippen LogP contribution < -0.4 is 10.2 Å². The minimum absolute atomic E-state index is 0.358. The molecule has 3 rings (SSSR count). The second-order valence-electron chi connectivity index (χ2n) is 4.77. The van der Waals surface area contributed by atoms with Crippen LogP contribution in [-0.2, 0) is 0 Å². The maximum Gasteiger partial charge on any atom is 0.333 e. The number of rotatable bonds is 3. The first-order chi connectivity index (χ1) is 11.6. The van der Waals surface area contributed by atoms with Crippen molar-refractivity contribution in [2.45, 2.75) is 0 Å². The molecule has 1 N–H and O–H groups in total. The van der Waals surface area contributed by atoms with Crippen LogP contribution in [0.2, 0.25) is 10.0 Å². The summed E-state index contributed by atoms with van der Waals surface area (Å²) in [5.41, 5.74) is 0.520. The number of halogens is 2. The normalized spacial score (nSPS) is 10.2. The monoisotopic (exact) mass is 358 g/mol. The smallest absolute Gasteiger partial charge is 0.307 e. The zero-order chi connectivity index (χ0) is 16.9. The van der Waals surface area contributed by atoms with E-state index in [4.69, 9.17) is 23.2 Å². The van der Waals surface area contributed by atoms with Gasteiger partial charge in [-0.15, -0.1) is 0 Å². The molecular weight excluding hydrogens is 347 g/mol. The molecule has 0 aliphatic rings. The minimum atomic E-state index is -0.411. The van der Waals surface area contributed by atoms with Crippen molar-refractivity contribution in [3.05, 3.63) is 77.0 Å². The molecule has 0 fully saturated rings. The summed E-state index contributed by atoms with van der Waals surface area (Å²) < 4.78 is 0. The lowest BCUT2D eigenvalue weighted by Crippen LogP contribution is -2.32. The van der Waals surface area contributed by atoms with Crippen LogP contribution in [-0.4, -0.2) is 16.0 Å². The molecule has 0 saturated carbocycles. The Labute approximate surface area is 148 Å². The lowest BCUT2D eigenvalue weighted by molar-refractivity contribution is 0.258. The van der Waals surface area contributed by atoms with Crippen molar-refractivity contribution in [3.8, 4) is 0 Å². The number of carbonyl (C=O) groups excluding carboxylic acids is 1. The number of nitrogens with one attached hydrogen (secondary N) is 1. The van der Waals surface area contributed by atoms with E-state index in [2.05, 4.69) is 15.3 Å². The van der Waals surface area contributed by atoms with Crippen LogP contribution >= 0.6 is 23.2 Å². The Morgan fingerprint density at radius 2 is 1.50 bits per heavy atom. The van der Waals surface area contributed by atoms with Gasteiger partial charge >= 0.3 is 6.03 Å². The first-order valence-corrected chi connectivity index (χ1v) is 7.79. The summed E-state index contributed by atoms with van der Waals surface area (Å²) in [4.78, 5) is 22.6. The molecule has 1 aromatic carbocycles. The maximum absolute atomic E-state index is 12.8. The molecule has 0 aliphatic carbocycles. The van der Waals surface area contributed by atoms with Crippen molar-refractivity contribution >= 4 is 46.6 Å². The van der Waals surface area contributed by atoms with Gasteiger partial charge in [-0.25, -0.2) is 19.7 Å². The van der Waals surface area contributed by atoms with E-state index in [0.717, 1.165) is 0 Å². The van der Waals surface area contributed by atoms with Gasteiger partial charge in [0, 0.05) is 18.1 Å². The summed E-state index contributed by atoms with van der Waals surface area (Å²) in [6, 6.07) is 15.0. The van der Waals surface area contributed by atoms with Crippen LogP contribution in [0.4, 0.5) is 22.1 Å². The third-order valence-corrected chi connectivity index (χ3v) is 3.87. The highest BCUT2D eigenvalue weighted by Crippen LogP contribution is 2.27. The molecule has 24 heavy (non-hydrogen) atoms. The molecule has 0 aliphatic heterocycles. The Bertz CT molecular complexity index is 804. The average Bonchev–Trinajstić information content (AvgIpc) is 2.60. The number of aromatic nitrogens is 2. The van der Waals surface area contributed by atoms with Gasteiger partial charge in [-0.05, 0) is 42.5 Å². The molecule has 2 aromatic heterocycles. The van der Waals surface area contributed by atoms with E-state index in [-0.39, 0.29) is 0 Å². The van der Waals surface area contributed by atoms with Crippen LogP contribution in [0.1, 0.15) is 0 Å². The lowest BCUT2D eigenvalue weighted by atomic mass is 10.3. The van der Waals surface area contributed by atoms with Gasteiger partial charge in [0.05, 0.1) is 10.0 Å². The van der Waals surface area contributed by atoms with Gasteiger partial charge in [0.2, 0.25) is 0 Å². The van der Waals surface area contributed by atoms with E-state index in [1.807, 2.05) is 0 Å². The van der Waals surface area contributed by atoms with Gasteiger partial charge in [-0.3, -0.25) is 0 Å². The quantitative estimate of drug-likeness (QED) is 0.703. The van der Waals surface area contributed by atoms with Crippen molar-refractivity contribution in [2.75, 3.05) is 10.2 Å². The Morgan fingerprint density at radius 3 is 2.00 bits per heavy atom. The average molecular weight is 359 g/mol. The van der Waals surface area contributed by atoms with E-state index >= 15 is 0 Å². The Hall–Kier alpha value is -2.63. The van der Waals surface area contributed by atoms with Gasteiger partial charge in [0.25, 0.3) is 0 Å². The highest BCUT2D eigenvalue weighted by Gasteiger charge is 2.20. The van der Waals surface area contributed by atoms with Gasteiger partial charge in [-0.1, -0.05) is 35.3 Å². The number of carbonyl (C=O) groups is 1. The van der Waals surface area contributed by atoms with Crippen molar-refractivity contribution in [1.82, 2.24) is 9.97 Å². The van der Waals surface area contributed by atoms with Crippen LogP contribution in [0.15, 0.2) is 67.0 Å². The van der Waals surface area contributed by atoms with Crippen molar-refractivity contribution in [1.29, 1.82) is 0 Å². The summed E-state index contributed by atoms with van der Waals surface area (Å²) in [5.74, 6) is 0.905. The number of hydrogen-bond donors (Lipinski definition) is 1. The summed E-state index contributed by atoms with van der Waals surface area (Å²) in [6.45, 7) is 0. The Balaban J connectivity index is 1.93. The molecule has 3 aromatic rings. The molecular formula is C17H12Cl2N4O. The van der Waals surface area contributed by atoms with Crippen molar-refractivity contribution < 1.29 is 4.79 Å². The van der Waals surface area contributed by atoms with Gasteiger partial charge in [0.15, 0.2) is 0 Å². The fourth-order valence-corrected chi connectivity index (χ4v) is 2.35. The topological polar surface area (TPSA) is 58.1 Å². The largest absolute Gasteiger partial charge is 0.333 e. The van der Waals surface area contributed by atoms with Crippen LogP contribution in [0.5, 0.6) is 0 Å². The second-order valence-corrected chi connectivity index (χ2v) is 5.58. The fourth-order valence-electron chi connectivity index (χ4n) is 2.05. The zero-order valence-electron chi connectivity index (χ0n) is 12.4. The molecule has 0 saturated heterocycles. The molecule has 120 valence electrons. The second kappa shape index (κ2) is 7.29. The number of anilines is 3. The van der Waals surface area contributed by atoms with Gasteiger partial charge in [0.1, 0.15) is 11.6 Å². The Morgan fingerprint density at radius 1 is 0.875 bits per heavy atom. The molecule has 5 nitrogen and oxygen atoms in total. The van der Waals surface area contributed by atoms with Crippen LogP contribution in [0, 0.1) is 0 Å². The number of pyridine rings is 2. The third kappa shape index (κ3) is 3.64. The van der Waals surface area contributed by atoms with Crippen LogP contribution in [0.3, 0.4) is 0 Å². The minimum Gasteiger partial charge on any atom is -0.307 e. The predicted octanol–water partition coefficient (Wildman–Crippen LogP) is 5.15.